The van der Waals surface area contributed by atoms with Gasteiger partial charge in [-0.3, -0.25) is 4.90 Å². The van der Waals surface area contributed by atoms with E-state index in [1.807, 2.05) is 0 Å². The molecule has 0 aromatic heterocycles. The molecule has 2 N–H and O–H groups in total. The Kier molecular flexibility index (Phi) is 5.20. The Bertz CT molecular complexity index is 447. The first-order chi connectivity index (χ1) is 9.47. The standard InChI is InChI=1S/C13H16Cl2F2N2O/c14-9-2-1-3-10(15)11(9)12(13(16,17)8-20)19-6-4-18-5-7-19/h1-3,12,18,20H,4-8H2/t12-/m0/s1. The third-order valence-corrected chi connectivity index (χ3v) is 4.06. The molecule has 0 bridgehead atoms. The summed E-state index contributed by atoms with van der Waals surface area (Å²) in [7, 11) is 0. The van der Waals surface area contributed by atoms with Crippen LogP contribution < -0.4 is 5.32 Å². The number of aliphatic hydroxyl groups excluding tert-OH is 1. The molecular formula is C13H16Cl2F2N2O. The second-order valence-electron chi connectivity index (χ2n) is 4.74. The molecule has 1 aromatic rings. The Morgan fingerprint density at radius 2 is 1.80 bits per heavy atom. The van der Waals surface area contributed by atoms with E-state index in [1.165, 1.54) is 12.1 Å². The van der Waals surface area contributed by atoms with E-state index in [4.69, 9.17) is 28.3 Å². The number of rotatable bonds is 4. The third kappa shape index (κ3) is 3.23. The van der Waals surface area contributed by atoms with Crippen LogP contribution in [0.25, 0.3) is 0 Å². The van der Waals surface area contributed by atoms with Crippen molar-refractivity contribution in [2.45, 2.75) is 12.0 Å². The van der Waals surface area contributed by atoms with Gasteiger partial charge in [0.1, 0.15) is 12.6 Å². The van der Waals surface area contributed by atoms with Gasteiger partial charge in [-0.15, -0.1) is 0 Å². The van der Waals surface area contributed by atoms with Crippen molar-refractivity contribution in [1.29, 1.82) is 0 Å². The fourth-order valence-corrected chi connectivity index (χ4v) is 3.06. The number of halogens is 4. The average Bonchev–Trinajstić information content (AvgIpc) is 2.43. The van der Waals surface area contributed by atoms with E-state index in [-0.39, 0.29) is 15.6 Å². The van der Waals surface area contributed by atoms with Crippen molar-refractivity contribution >= 4 is 23.2 Å². The summed E-state index contributed by atoms with van der Waals surface area (Å²) in [6.07, 6.45) is 0. The number of alkyl halides is 2. The minimum atomic E-state index is -3.31. The quantitative estimate of drug-likeness (QED) is 0.893. The summed E-state index contributed by atoms with van der Waals surface area (Å²) in [5.41, 5.74) is 0.178. The van der Waals surface area contributed by atoms with Gasteiger partial charge in [0.05, 0.1) is 0 Å². The highest BCUT2D eigenvalue weighted by atomic mass is 35.5. The van der Waals surface area contributed by atoms with Gasteiger partial charge in [-0.1, -0.05) is 29.3 Å². The first kappa shape index (κ1) is 15.9. The zero-order valence-electron chi connectivity index (χ0n) is 10.8. The van der Waals surface area contributed by atoms with Crippen LogP contribution in [0.5, 0.6) is 0 Å². The summed E-state index contributed by atoms with van der Waals surface area (Å²) in [5, 5.41) is 12.5. The molecule has 0 unspecified atom stereocenters. The number of benzene rings is 1. The summed E-state index contributed by atoms with van der Waals surface area (Å²) in [4.78, 5) is 1.61. The lowest BCUT2D eigenvalue weighted by Crippen LogP contribution is -2.51. The Balaban J connectivity index is 2.45. The monoisotopic (exact) mass is 324 g/mol. The highest BCUT2D eigenvalue weighted by Gasteiger charge is 2.45. The van der Waals surface area contributed by atoms with E-state index in [9.17, 15) is 8.78 Å². The summed E-state index contributed by atoms with van der Waals surface area (Å²) in [5.74, 6) is -3.31. The van der Waals surface area contributed by atoms with Gasteiger partial charge < -0.3 is 10.4 Å². The molecule has 0 aliphatic carbocycles. The van der Waals surface area contributed by atoms with Gasteiger partial charge in [-0.2, -0.15) is 0 Å². The highest BCUT2D eigenvalue weighted by molar-refractivity contribution is 6.36. The molecule has 1 aliphatic heterocycles. The molecule has 20 heavy (non-hydrogen) atoms. The van der Waals surface area contributed by atoms with Crippen LogP contribution in [0.4, 0.5) is 8.78 Å². The molecule has 7 heteroatoms. The maximum atomic E-state index is 14.2. The van der Waals surface area contributed by atoms with Crippen LogP contribution in [0.15, 0.2) is 18.2 Å². The smallest absolute Gasteiger partial charge is 0.290 e. The molecule has 0 radical (unpaired) electrons. The first-order valence-electron chi connectivity index (χ1n) is 6.34. The van der Waals surface area contributed by atoms with Gasteiger partial charge >= 0.3 is 0 Å². The van der Waals surface area contributed by atoms with Gasteiger partial charge in [0.25, 0.3) is 5.92 Å². The molecule has 0 amide bonds. The molecule has 1 saturated heterocycles. The molecule has 1 aliphatic rings. The van der Waals surface area contributed by atoms with Crippen LogP contribution in [0.3, 0.4) is 0 Å². The molecule has 1 aromatic carbocycles. The number of nitrogens with zero attached hydrogens (tertiary/aromatic N) is 1. The van der Waals surface area contributed by atoms with Crippen molar-refractivity contribution in [3.8, 4) is 0 Å². The van der Waals surface area contributed by atoms with E-state index >= 15 is 0 Å². The fourth-order valence-electron chi connectivity index (χ4n) is 2.46. The first-order valence-corrected chi connectivity index (χ1v) is 7.10. The molecule has 0 saturated carbocycles. The van der Waals surface area contributed by atoms with E-state index in [2.05, 4.69) is 5.32 Å². The van der Waals surface area contributed by atoms with Crippen molar-refractivity contribution in [1.82, 2.24) is 10.2 Å². The molecule has 1 fully saturated rings. The SMILES string of the molecule is OCC(F)(F)[C@H](c1c(Cl)cccc1Cl)N1CCNCC1. The number of nitrogens with one attached hydrogen (secondary N) is 1. The largest absolute Gasteiger partial charge is 0.390 e. The highest BCUT2D eigenvalue weighted by Crippen LogP contribution is 2.42. The molecule has 112 valence electrons. The van der Waals surface area contributed by atoms with Crippen molar-refractivity contribution in [2.75, 3.05) is 32.8 Å². The van der Waals surface area contributed by atoms with Gasteiger partial charge in [-0.25, -0.2) is 8.78 Å². The summed E-state index contributed by atoms with van der Waals surface area (Å²) in [6.45, 7) is 0.868. The maximum absolute atomic E-state index is 14.2. The van der Waals surface area contributed by atoms with E-state index in [0.29, 0.717) is 26.2 Å². The maximum Gasteiger partial charge on any atom is 0.290 e. The van der Waals surface area contributed by atoms with Gasteiger partial charge in [0.15, 0.2) is 0 Å². The van der Waals surface area contributed by atoms with Crippen LogP contribution in [0, 0.1) is 0 Å². The number of hydrogen-bond acceptors (Lipinski definition) is 3. The van der Waals surface area contributed by atoms with E-state index < -0.39 is 18.6 Å². The van der Waals surface area contributed by atoms with Crippen molar-refractivity contribution in [2.24, 2.45) is 0 Å². The lowest BCUT2D eigenvalue weighted by molar-refractivity contribution is -0.118. The van der Waals surface area contributed by atoms with Crippen LogP contribution >= 0.6 is 23.2 Å². The number of aliphatic hydroxyl groups is 1. The normalized spacial score (nSPS) is 19.1. The van der Waals surface area contributed by atoms with Gasteiger partial charge in [0.2, 0.25) is 0 Å². The van der Waals surface area contributed by atoms with Crippen LogP contribution in [0.1, 0.15) is 11.6 Å². The molecular weight excluding hydrogens is 309 g/mol. The van der Waals surface area contributed by atoms with Crippen molar-refractivity contribution in [3.05, 3.63) is 33.8 Å². The second kappa shape index (κ2) is 6.54. The van der Waals surface area contributed by atoms with E-state index in [1.54, 1.807) is 11.0 Å². The van der Waals surface area contributed by atoms with Crippen LogP contribution in [-0.2, 0) is 0 Å². The molecule has 1 atom stereocenters. The lowest BCUT2D eigenvalue weighted by atomic mass is 9.98. The molecule has 1 heterocycles. The summed E-state index contributed by atoms with van der Waals surface area (Å²) >= 11 is 12.1. The molecule has 2 rings (SSSR count). The zero-order valence-corrected chi connectivity index (χ0v) is 12.3. The fraction of sp³-hybridized carbons (Fsp3) is 0.538. The zero-order chi connectivity index (χ0) is 14.8. The Morgan fingerprint density at radius 1 is 1.25 bits per heavy atom. The lowest BCUT2D eigenvalue weighted by Gasteiger charge is -2.39. The average molecular weight is 325 g/mol. The minimum Gasteiger partial charge on any atom is -0.390 e. The van der Waals surface area contributed by atoms with E-state index in [0.717, 1.165) is 0 Å². The number of piperazine rings is 1. The Hall–Kier alpha value is -0.460. The van der Waals surface area contributed by atoms with Crippen LogP contribution in [0.2, 0.25) is 10.0 Å². The topological polar surface area (TPSA) is 35.5 Å². The van der Waals surface area contributed by atoms with Gasteiger partial charge in [-0.05, 0) is 12.1 Å². The van der Waals surface area contributed by atoms with Crippen molar-refractivity contribution < 1.29 is 13.9 Å². The minimum absolute atomic E-state index is 0.178. The Morgan fingerprint density at radius 3 is 2.30 bits per heavy atom. The number of hydrogen-bond donors (Lipinski definition) is 2. The predicted molar refractivity (Wildman–Crippen MR) is 75.7 cm³/mol. The molecule has 0 spiro atoms. The molecule has 3 nitrogen and oxygen atoms in total. The Labute approximate surface area is 126 Å². The second-order valence-corrected chi connectivity index (χ2v) is 5.56. The predicted octanol–water partition coefficient (Wildman–Crippen LogP) is 2.57. The van der Waals surface area contributed by atoms with Crippen molar-refractivity contribution in [3.63, 3.8) is 0 Å². The van der Waals surface area contributed by atoms with Gasteiger partial charge in [0, 0.05) is 41.8 Å². The third-order valence-electron chi connectivity index (χ3n) is 3.40. The summed E-state index contributed by atoms with van der Waals surface area (Å²) in [6, 6.07) is 3.35. The van der Waals surface area contributed by atoms with Crippen LogP contribution in [-0.4, -0.2) is 48.7 Å². The summed E-state index contributed by atoms with van der Waals surface area (Å²) < 4.78 is 28.4.